The fourth-order valence-corrected chi connectivity index (χ4v) is 2.26. The van der Waals surface area contributed by atoms with Crippen LogP contribution >= 0.6 is 0 Å². The van der Waals surface area contributed by atoms with Crippen LogP contribution in [0.2, 0.25) is 0 Å². The first kappa shape index (κ1) is 12.0. The van der Waals surface area contributed by atoms with Crippen LogP contribution in [0, 0.1) is 0 Å². The van der Waals surface area contributed by atoms with E-state index in [9.17, 15) is 0 Å². The molecule has 0 unspecified atom stereocenters. The van der Waals surface area contributed by atoms with Gasteiger partial charge in [-0.25, -0.2) is 0 Å². The van der Waals surface area contributed by atoms with Crippen molar-refractivity contribution >= 4 is 0 Å². The monoisotopic (exact) mass is 199 g/mol. The average Bonchev–Trinajstić information content (AvgIpc) is 2.42. The molecule has 14 heavy (non-hydrogen) atoms. The highest BCUT2D eigenvalue weighted by Gasteiger charge is 2.26. The molecule has 0 aromatic rings. The molecule has 0 saturated carbocycles. The topological polar surface area (TPSA) is 12.5 Å². The van der Waals surface area contributed by atoms with Gasteiger partial charge in [0, 0.05) is 25.2 Å². The third-order valence-corrected chi connectivity index (χ3v) is 3.15. The van der Waals surface area contributed by atoms with Crippen LogP contribution in [-0.4, -0.2) is 36.2 Å². The van der Waals surface area contributed by atoms with Crippen molar-refractivity contribution in [1.29, 1.82) is 0 Å². The lowest BCUT2D eigenvalue weighted by Gasteiger charge is -2.25. The van der Waals surface area contributed by atoms with Gasteiger partial charge in [-0.1, -0.05) is 0 Å². The van der Waals surface area contributed by atoms with Crippen LogP contribution in [0.1, 0.15) is 47.0 Å². The zero-order valence-electron chi connectivity index (χ0n) is 10.1. The summed E-state index contributed by atoms with van der Waals surface area (Å²) in [5, 5.41) is 0. The highest BCUT2D eigenvalue weighted by molar-refractivity contribution is 4.81. The maximum Gasteiger partial charge on any atom is 0.0518 e. The summed E-state index contributed by atoms with van der Waals surface area (Å²) in [4.78, 5) is 2.61. The molecule has 1 heterocycles. The SMILES string of the molecule is CC(C)OCCCN1[C@H](C)CC[C@H]1C. The number of rotatable bonds is 5. The largest absolute Gasteiger partial charge is 0.379 e. The predicted molar refractivity (Wildman–Crippen MR) is 60.6 cm³/mol. The van der Waals surface area contributed by atoms with Crippen LogP contribution in [0.5, 0.6) is 0 Å². The molecule has 0 spiro atoms. The molecule has 0 aliphatic carbocycles. The van der Waals surface area contributed by atoms with Gasteiger partial charge in [-0.2, -0.15) is 0 Å². The molecule has 0 amide bonds. The molecule has 0 N–H and O–H groups in total. The smallest absolute Gasteiger partial charge is 0.0518 e. The van der Waals surface area contributed by atoms with Gasteiger partial charge in [-0.15, -0.1) is 0 Å². The Hall–Kier alpha value is -0.0800. The molecular weight excluding hydrogens is 174 g/mol. The first-order valence-corrected chi connectivity index (χ1v) is 5.98. The molecule has 1 rings (SSSR count). The Labute approximate surface area is 88.6 Å². The van der Waals surface area contributed by atoms with Crippen molar-refractivity contribution < 1.29 is 4.74 Å². The minimum absolute atomic E-state index is 0.378. The molecule has 1 aliphatic heterocycles. The van der Waals surface area contributed by atoms with Crippen molar-refractivity contribution in [3.63, 3.8) is 0 Å². The van der Waals surface area contributed by atoms with Crippen molar-refractivity contribution in [3.05, 3.63) is 0 Å². The van der Waals surface area contributed by atoms with E-state index in [1.165, 1.54) is 25.8 Å². The number of nitrogens with zero attached hydrogens (tertiary/aromatic N) is 1. The summed E-state index contributed by atoms with van der Waals surface area (Å²) in [6.45, 7) is 11.0. The molecule has 1 fully saturated rings. The third kappa shape index (κ3) is 3.58. The summed E-state index contributed by atoms with van der Waals surface area (Å²) < 4.78 is 5.55. The van der Waals surface area contributed by atoms with Crippen LogP contribution in [0.4, 0.5) is 0 Å². The second kappa shape index (κ2) is 5.72. The lowest BCUT2D eigenvalue weighted by Crippen LogP contribution is -2.34. The van der Waals surface area contributed by atoms with Crippen molar-refractivity contribution in [2.75, 3.05) is 13.2 Å². The van der Waals surface area contributed by atoms with Crippen LogP contribution in [0.25, 0.3) is 0 Å². The molecule has 84 valence electrons. The predicted octanol–water partition coefficient (Wildman–Crippen LogP) is 2.67. The molecule has 2 atom stereocenters. The standard InChI is InChI=1S/C12H25NO/c1-10(2)14-9-5-8-13-11(3)6-7-12(13)4/h10-12H,5-9H2,1-4H3/t11-,12-/m1/s1. The summed E-state index contributed by atoms with van der Waals surface area (Å²) in [5.74, 6) is 0. The van der Waals surface area contributed by atoms with E-state index in [2.05, 4.69) is 32.6 Å². The average molecular weight is 199 g/mol. The van der Waals surface area contributed by atoms with Crippen molar-refractivity contribution in [2.24, 2.45) is 0 Å². The maximum absolute atomic E-state index is 5.55. The van der Waals surface area contributed by atoms with E-state index >= 15 is 0 Å². The Bertz CT molecular complexity index is 148. The Morgan fingerprint density at radius 3 is 2.29 bits per heavy atom. The van der Waals surface area contributed by atoms with Gasteiger partial charge in [0.05, 0.1) is 6.10 Å². The van der Waals surface area contributed by atoms with Crippen molar-refractivity contribution in [1.82, 2.24) is 4.90 Å². The molecule has 0 radical (unpaired) electrons. The van der Waals surface area contributed by atoms with Gasteiger partial charge >= 0.3 is 0 Å². The molecular formula is C12H25NO. The van der Waals surface area contributed by atoms with Crippen LogP contribution in [-0.2, 0) is 4.74 Å². The van der Waals surface area contributed by atoms with Gasteiger partial charge in [-0.3, -0.25) is 4.90 Å². The molecule has 0 bridgehead atoms. The second-order valence-electron chi connectivity index (χ2n) is 4.79. The number of hydrogen-bond acceptors (Lipinski definition) is 2. The zero-order chi connectivity index (χ0) is 10.6. The van der Waals surface area contributed by atoms with Gasteiger partial charge < -0.3 is 4.74 Å². The van der Waals surface area contributed by atoms with Gasteiger partial charge in [0.2, 0.25) is 0 Å². The minimum atomic E-state index is 0.378. The highest BCUT2D eigenvalue weighted by Crippen LogP contribution is 2.23. The quantitative estimate of drug-likeness (QED) is 0.631. The zero-order valence-corrected chi connectivity index (χ0v) is 10.1. The first-order valence-electron chi connectivity index (χ1n) is 5.98. The number of hydrogen-bond donors (Lipinski definition) is 0. The van der Waals surface area contributed by atoms with Crippen LogP contribution in [0.15, 0.2) is 0 Å². The van der Waals surface area contributed by atoms with E-state index < -0.39 is 0 Å². The summed E-state index contributed by atoms with van der Waals surface area (Å²) in [6, 6.07) is 1.56. The number of likely N-dealkylation sites (tertiary alicyclic amines) is 1. The summed E-state index contributed by atoms with van der Waals surface area (Å²) in [7, 11) is 0. The normalized spacial score (nSPS) is 28.9. The molecule has 0 aromatic carbocycles. The van der Waals surface area contributed by atoms with Gasteiger partial charge in [-0.05, 0) is 47.0 Å². The molecule has 2 heteroatoms. The number of ether oxygens (including phenoxy) is 1. The van der Waals surface area contributed by atoms with E-state index in [0.29, 0.717) is 6.10 Å². The first-order chi connectivity index (χ1) is 6.61. The Balaban J connectivity index is 2.11. The fraction of sp³-hybridized carbons (Fsp3) is 1.00. The molecule has 0 aromatic heterocycles. The maximum atomic E-state index is 5.55. The van der Waals surface area contributed by atoms with Crippen molar-refractivity contribution in [3.8, 4) is 0 Å². The molecule has 1 aliphatic rings. The van der Waals surface area contributed by atoms with Gasteiger partial charge in [0.15, 0.2) is 0 Å². The van der Waals surface area contributed by atoms with Crippen LogP contribution in [0.3, 0.4) is 0 Å². The van der Waals surface area contributed by atoms with E-state index in [4.69, 9.17) is 4.74 Å². The fourth-order valence-electron chi connectivity index (χ4n) is 2.26. The summed E-state index contributed by atoms with van der Waals surface area (Å²) >= 11 is 0. The summed E-state index contributed by atoms with van der Waals surface area (Å²) in [6.07, 6.45) is 4.29. The van der Waals surface area contributed by atoms with Crippen molar-refractivity contribution in [2.45, 2.75) is 65.1 Å². The minimum Gasteiger partial charge on any atom is -0.379 e. The molecule has 1 saturated heterocycles. The lowest BCUT2D eigenvalue weighted by atomic mass is 10.2. The lowest BCUT2D eigenvalue weighted by molar-refractivity contribution is 0.0673. The Kier molecular flexibility index (Phi) is 4.90. The van der Waals surface area contributed by atoms with Crippen LogP contribution < -0.4 is 0 Å². The van der Waals surface area contributed by atoms with E-state index in [-0.39, 0.29) is 0 Å². The molecule has 2 nitrogen and oxygen atoms in total. The van der Waals surface area contributed by atoms with E-state index in [1.807, 2.05) is 0 Å². The van der Waals surface area contributed by atoms with E-state index in [0.717, 1.165) is 18.7 Å². The van der Waals surface area contributed by atoms with E-state index in [1.54, 1.807) is 0 Å². The highest BCUT2D eigenvalue weighted by atomic mass is 16.5. The van der Waals surface area contributed by atoms with Gasteiger partial charge in [0.1, 0.15) is 0 Å². The third-order valence-electron chi connectivity index (χ3n) is 3.15. The summed E-state index contributed by atoms with van der Waals surface area (Å²) in [5.41, 5.74) is 0. The second-order valence-corrected chi connectivity index (χ2v) is 4.79. The Morgan fingerprint density at radius 1 is 1.21 bits per heavy atom. The van der Waals surface area contributed by atoms with Gasteiger partial charge in [0.25, 0.3) is 0 Å². The Morgan fingerprint density at radius 2 is 1.79 bits per heavy atom.